The van der Waals surface area contributed by atoms with Gasteiger partial charge in [-0.3, -0.25) is 4.79 Å². The summed E-state index contributed by atoms with van der Waals surface area (Å²) in [6.45, 7) is 5.99. The van der Waals surface area contributed by atoms with Crippen molar-refractivity contribution in [2.24, 2.45) is 5.92 Å². The number of hydrogen-bond donors (Lipinski definition) is 2. The molecule has 4 heteroatoms. The maximum Gasteiger partial charge on any atom is 0.287 e. The number of hydrogen-bond acceptors (Lipinski definition) is 3. The fraction of sp³-hybridized carbons (Fsp3) is 0.438. The van der Waals surface area contributed by atoms with E-state index in [0.717, 1.165) is 36.0 Å². The summed E-state index contributed by atoms with van der Waals surface area (Å²) in [7, 11) is 0. The molecule has 1 aliphatic rings. The lowest BCUT2D eigenvalue weighted by molar-refractivity contribution is 0.0887. The normalized spacial score (nSPS) is 22.9. The summed E-state index contributed by atoms with van der Waals surface area (Å²) in [6, 6.07) is 7.98. The van der Waals surface area contributed by atoms with Gasteiger partial charge in [0.05, 0.1) is 0 Å². The Morgan fingerprint density at radius 2 is 2.20 bits per heavy atom. The van der Waals surface area contributed by atoms with Gasteiger partial charge in [0.1, 0.15) is 5.58 Å². The SMILES string of the molecule is Cc1c(C(=O)NC2CCNCC2C)oc2ccccc12. The van der Waals surface area contributed by atoms with Crippen LogP contribution in [0.4, 0.5) is 0 Å². The summed E-state index contributed by atoms with van der Waals surface area (Å²) in [5.74, 6) is 0.784. The molecule has 2 N–H and O–H groups in total. The Hall–Kier alpha value is -1.81. The topological polar surface area (TPSA) is 54.3 Å². The van der Waals surface area contributed by atoms with Crippen molar-refractivity contribution in [1.29, 1.82) is 0 Å². The molecule has 1 amide bonds. The molecular weight excluding hydrogens is 252 g/mol. The van der Waals surface area contributed by atoms with Gasteiger partial charge in [-0.25, -0.2) is 0 Å². The molecule has 20 heavy (non-hydrogen) atoms. The number of furan rings is 1. The summed E-state index contributed by atoms with van der Waals surface area (Å²) >= 11 is 0. The molecule has 106 valence electrons. The first-order valence-electron chi connectivity index (χ1n) is 7.16. The second kappa shape index (κ2) is 5.29. The van der Waals surface area contributed by atoms with Crippen molar-refractivity contribution in [2.75, 3.05) is 13.1 Å². The fourth-order valence-corrected chi connectivity index (χ4v) is 2.85. The van der Waals surface area contributed by atoms with Crippen LogP contribution in [0.5, 0.6) is 0 Å². The van der Waals surface area contributed by atoms with Crippen molar-refractivity contribution in [1.82, 2.24) is 10.6 Å². The molecule has 0 aliphatic carbocycles. The largest absolute Gasteiger partial charge is 0.451 e. The van der Waals surface area contributed by atoms with Crippen LogP contribution in [-0.4, -0.2) is 25.0 Å². The van der Waals surface area contributed by atoms with Crippen LogP contribution in [0.2, 0.25) is 0 Å². The first kappa shape index (κ1) is 13.2. The third-order valence-corrected chi connectivity index (χ3v) is 4.15. The number of para-hydroxylation sites is 1. The van der Waals surface area contributed by atoms with Gasteiger partial charge in [-0.1, -0.05) is 25.1 Å². The lowest BCUT2D eigenvalue weighted by Gasteiger charge is -2.29. The number of carbonyl (C=O) groups excluding carboxylic acids is 1. The van der Waals surface area contributed by atoms with Gasteiger partial charge in [0.2, 0.25) is 0 Å². The van der Waals surface area contributed by atoms with E-state index in [2.05, 4.69) is 17.6 Å². The van der Waals surface area contributed by atoms with Crippen molar-refractivity contribution in [3.8, 4) is 0 Å². The number of rotatable bonds is 2. The molecule has 1 aromatic heterocycles. The quantitative estimate of drug-likeness (QED) is 0.883. The molecule has 1 saturated heterocycles. The highest BCUT2D eigenvalue weighted by Crippen LogP contribution is 2.25. The number of nitrogens with one attached hydrogen (secondary N) is 2. The van der Waals surface area contributed by atoms with Crippen molar-refractivity contribution in [2.45, 2.75) is 26.3 Å². The minimum absolute atomic E-state index is 0.0996. The molecule has 0 saturated carbocycles. The van der Waals surface area contributed by atoms with Gasteiger partial charge in [0, 0.05) is 17.0 Å². The average Bonchev–Trinajstić information content (AvgIpc) is 2.79. The molecule has 1 aliphatic heterocycles. The molecule has 1 aromatic carbocycles. The third-order valence-electron chi connectivity index (χ3n) is 4.15. The van der Waals surface area contributed by atoms with Gasteiger partial charge in [0.15, 0.2) is 5.76 Å². The second-order valence-corrected chi connectivity index (χ2v) is 5.60. The molecular formula is C16H20N2O2. The summed E-state index contributed by atoms with van der Waals surface area (Å²) in [5.41, 5.74) is 1.69. The predicted molar refractivity (Wildman–Crippen MR) is 78.9 cm³/mol. The first-order valence-corrected chi connectivity index (χ1v) is 7.16. The van der Waals surface area contributed by atoms with Crippen molar-refractivity contribution in [3.63, 3.8) is 0 Å². The van der Waals surface area contributed by atoms with E-state index in [9.17, 15) is 4.79 Å². The van der Waals surface area contributed by atoms with Crippen LogP contribution in [0.25, 0.3) is 11.0 Å². The highest BCUT2D eigenvalue weighted by atomic mass is 16.3. The number of aryl methyl sites for hydroxylation is 1. The van der Waals surface area contributed by atoms with E-state index in [4.69, 9.17) is 4.42 Å². The van der Waals surface area contributed by atoms with E-state index in [1.807, 2.05) is 31.2 Å². The van der Waals surface area contributed by atoms with Crippen LogP contribution in [-0.2, 0) is 0 Å². The van der Waals surface area contributed by atoms with Gasteiger partial charge in [-0.05, 0) is 38.4 Å². The fourth-order valence-electron chi connectivity index (χ4n) is 2.85. The smallest absolute Gasteiger partial charge is 0.287 e. The number of piperidine rings is 1. The number of benzene rings is 1. The first-order chi connectivity index (χ1) is 9.66. The number of fused-ring (bicyclic) bond motifs is 1. The molecule has 1 fully saturated rings. The summed E-state index contributed by atoms with van der Waals surface area (Å²) in [4.78, 5) is 12.4. The highest BCUT2D eigenvalue weighted by Gasteiger charge is 2.25. The Labute approximate surface area is 118 Å². The van der Waals surface area contributed by atoms with Crippen LogP contribution in [0.15, 0.2) is 28.7 Å². The third kappa shape index (κ3) is 2.31. The van der Waals surface area contributed by atoms with E-state index >= 15 is 0 Å². The van der Waals surface area contributed by atoms with Crippen LogP contribution >= 0.6 is 0 Å². The van der Waals surface area contributed by atoms with Crippen LogP contribution in [0, 0.1) is 12.8 Å². The van der Waals surface area contributed by atoms with E-state index < -0.39 is 0 Å². The maximum atomic E-state index is 12.4. The van der Waals surface area contributed by atoms with E-state index in [-0.39, 0.29) is 11.9 Å². The van der Waals surface area contributed by atoms with Crippen molar-refractivity contribution >= 4 is 16.9 Å². The molecule has 0 radical (unpaired) electrons. The van der Waals surface area contributed by atoms with Crippen LogP contribution in [0.1, 0.15) is 29.5 Å². The lowest BCUT2D eigenvalue weighted by Crippen LogP contribution is -2.48. The molecule has 2 aromatic rings. The van der Waals surface area contributed by atoms with Crippen molar-refractivity contribution < 1.29 is 9.21 Å². The Morgan fingerprint density at radius 1 is 1.40 bits per heavy atom. The zero-order chi connectivity index (χ0) is 14.1. The molecule has 3 rings (SSSR count). The molecule has 0 spiro atoms. The molecule has 2 unspecified atom stereocenters. The molecule has 2 heterocycles. The van der Waals surface area contributed by atoms with Gasteiger partial charge in [-0.15, -0.1) is 0 Å². The minimum atomic E-state index is -0.0996. The molecule has 2 atom stereocenters. The number of carbonyl (C=O) groups is 1. The Kier molecular flexibility index (Phi) is 3.49. The predicted octanol–water partition coefficient (Wildman–Crippen LogP) is 2.47. The number of amides is 1. The summed E-state index contributed by atoms with van der Waals surface area (Å²) < 4.78 is 5.71. The Balaban J connectivity index is 1.83. The molecule has 4 nitrogen and oxygen atoms in total. The summed E-state index contributed by atoms with van der Waals surface area (Å²) in [6.07, 6.45) is 0.964. The second-order valence-electron chi connectivity index (χ2n) is 5.60. The average molecular weight is 272 g/mol. The monoisotopic (exact) mass is 272 g/mol. The van der Waals surface area contributed by atoms with E-state index in [0.29, 0.717) is 11.7 Å². The van der Waals surface area contributed by atoms with Crippen LogP contribution in [0.3, 0.4) is 0 Å². The van der Waals surface area contributed by atoms with Gasteiger partial charge in [-0.2, -0.15) is 0 Å². The summed E-state index contributed by atoms with van der Waals surface area (Å²) in [5, 5.41) is 7.46. The van der Waals surface area contributed by atoms with E-state index in [1.54, 1.807) is 0 Å². The zero-order valence-electron chi connectivity index (χ0n) is 11.9. The van der Waals surface area contributed by atoms with Crippen LogP contribution < -0.4 is 10.6 Å². The zero-order valence-corrected chi connectivity index (χ0v) is 11.9. The Morgan fingerprint density at radius 3 is 2.95 bits per heavy atom. The Bertz CT molecular complexity index is 632. The van der Waals surface area contributed by atoms with Gasteiger partial charge in [0.25, 0.3) is 5.91 Å². The highest BCUT2D eigenvalue weighted by molar-refractivity contribution is 5.99. The van der Waals surface area contributed by atoms with Crippen molar-refractivity contribution in [3.05, 3.63) is 35.6 Å². The standard InChI is InChI=1S/C16H20N2O2/c1-10-9-17-8-7-13(10)18-16(19)15-11(2)12-5-3-4-6-14(12)20-15/h3-6,10,13,17H,7-9H2,1-2H3,(H,18,19). The van der Waals surface area contributed by atoms with Gasteiger partial charge < -0.3 is 15.1 Å². The minimum Gasteiger partial charge on any atom is -0.451 e. The lowest BCUT2D eigenvalue weighted by atomic mass is 9.95. The van der Waals surface area contributed by atoms with E-state index in [1.165, 1.54) is 0 Å². The van der Waals surface area contributed by atoms with Gasteiger partial charge >= 0.3 is 0 Å². The maximum absolute atomic E-state index is 12.4. The molecule has 0 bridgehead atoms.